The molecule has 0 saturated heterocycles. The number of halogens is 2. The summed E-state index contributed by atoms with van der Waals surface area (Å²) in [5.74, 6) is -0.254. The fourth-order valence-electron chi connectivity index (χ4n) is 0.749. The maximum Gasteiger partial charge on any atom is 0.261 e. The second-order valence-corrected chi connectivity index (χ2v) is 3.25. The molecule has 0 fully saturated rings. The van der Waals surface area contributed by atoms with Gasteiger partial charge in [0.15, 0.2) is 5.78 Å². The Morgan fingerprint density at radius 1 is 1.62 bits per heavy atom. The molecule has 0 N–H and O–H groups in total. The number of Topliss-reactive ketones (excluding diaryl/α,β-unsaturated/α-hetero) is 1. The predicted octanol–water partition coefficient (Wildman–Crippen LogP) is 2.21. The molecule has 2 nitrogen and oxygen atoms in total. The monoisotopic (exact) mass is 206 g/mol. The third-order valence-corrected chi connectivity index (χ3v) is 2.18. The molecule has 0 aromatic carbocycles. The minimum atomic E-state index is -2.52. The van der Waals surface area contributed by atoms with Gasteiger partial charge in [0.25, 0.3) is 6.43 Å². The Morgan fingerprint density at radius 3 is 2.92 bits per heavy atom. The van der Waals surface area contributed by atoms with E-state index < -0.39 is 13.0 Å². The highest BCUT2D eigenvalue weighted by molar-refractivity contribution is 7.12. The number of ketones is 1. The van der Waals surface area contributed by atoms with Crippen molar-refractivity contribution in [3.8, 4) is 0 Å². The molecule has 1 heterocycles. The molecule has 0 aliphatic rings. The molecule has 1 aromatic heterocycles. The maximum atomic E-state index is 11.6. The van der Waals surface area contributed by atoms with E-state index in [0.717, 1.165) is 0 Å². The highest BCUT2D eigenvalue weighted by atomic mass is 32.1. The first-order valence-corrected chi connectivity index (χ1v) is 4.50. The topological polar surface area (TPSA) is 26.3 Å². The van der Waals surface area contributed by atoms with E-state index in [-0.39, 0.29) is 12.4 Å². The van der Waals surface area contributed by atoms with Crippen LogP contribution in [0.15, 0.2) is 17.5 Å². The third kappa shape index (κ3) is 3.61. The summed E-state index contributed by atoms with van der Waals surface area (Å²) < 4.78 is 27.7. The SMILES string of the molecule is O=C(COCC(F)F)c1cccs1. The van der Waals surface area contributed by atoms with E-state index in [4.69, 9.17) is 0 Å². The van der Waals surface area contributed by atoms with Crippen LogP contribution in [0.2, 0.25) is 0 Å². The summed E-state index contributed by atoms with van der Waals surface area (Å²) >= 11 is 1.27. The standard InChI is InChI=1S/C8H8F2O2S/c9-8(10)5-12-4-6(11)7-2-1-3-13-7/h1-3,8H,4-5H2. The van der Waals surface area contributed by atoms with Crippen LogP contribution in [0.3, 0.4) is 0 Å². The van der Waals surface area contributed by atoms with E-state index in [1.807, 2.05) is 0 Å². The maximum absolute atomic E-state index is 11.6. The van der Waals surface area contributed by atoms with Crippen molar-refractivity contribution < 1.29 is 18.3 Å². The second-order valence-electron chi connectivity index (χ2n) is 2.31. The van der Waals surface area contributed by atoms with E-state index in [1.54, 1.807) is 17.5 Å². The second kappa shape index (κ2) is 5.04. The number of thiophene rings is 1. The van der Waals surface area contributed by atoms with Gasteiger partial charge in [-0.15, -0.1) is 11.3 Å². The van der Waals surface area contributed by atoms with Crippen molar-refractivity contribution in [1.82, 2.24) is 0 Å². The first kappa shape index (κ1) is 10.3. The van der Waals surface area contributed by atoms with E-state index in [9.17, 15) is 13.6 Å². The Balaban J connectivity index is 2.27. The van der Waals surface area contributed by atoms with Crippen LogP contribution in [0.25, 0.3) is 0 Å². The van der Waals surface area contributed by atoms with Gasteiger partial charge in [-0.3, -0.25) is 4.79 Å². The molecule has 0 aliphatic heterocycles. The van der Waals surface area contributed by atoms with Crippen molar-refractivity contribution in [2.45, 2.75) is 6.43 Å². The lowest BCUT2D eigenvalue weighted by Gasteiger charge is -2.00. The number of carbonyl (C=O) groups is 1. The summed E-state index contributed by atoms with van der Waals surface area (Å²) in [4.78, 5) is 11.7. The molecule has 72 valence electrons. The van der Waals surface area contributed by atoms with E-state index in [2.05, 4.69) is 4.74 Å². The fourth-order valence-corrected chi connectivity index (χ4v) is 1.40. The molecule has 1 rings (SSSR count). The van der Waals surface area contributed by atoms with Crippen LogP contribution in [0.1, 0.15) is 9.67 Å². The summed E-state index contributed by atoms with van der Waals surface area (Å²) in [5, 5.41) is 1.75. The number of hydrogen-bond acceptors (Lipinski definition) is 3. The van der Waals surface area contributed by atoms with Crippen LogP contribution in [0, 0.1) is 0 Å². The van der Waals surface area contributed by atoms with Crippen molar-refractivity contribution in [2.24, 2.45) is 0 Å². The van der Waals surface area contributed by atoms with Gasteiger partial charge in [-0.1, -0.05) is 6.07 Å². The van der Waals surface area contributed by atoms with Gasteiger partial charge in [0, 0.05) is 0 Å². The highest BCUT2D eigenvalue weighted by Crippen LogP contribution is 2.09. The van der Waals surface area contributed by atoms with Crippen molar-refractivity contribution in [3.63, 3.8) is 0 Å². The Labute approximate surface area is 78.1 Å². The Morgan fingerprint density at radius 2 is 2.38 bits per heavy atom. The van der Waals surface area contributed by atoms with Crippen LogP contribution in [-0.4, -0.2) is 25.4 Å². The molecule has 13 heavy (non-hydrogen) atoms. The normalized spacial score (nSPS) is 10.7. The lowest BCUT2D eigenvalue weighted by molar-refractivity contribution is 0.0197. The van der Waals surface area contributed by atoms with Gasteiger partial charge in [-0.25, -0.2) is 8.78 Å². The summed E-state index contributed by atoms with van der Waals surface area (Å²) in [6, 6.07) is 3.36. The Bertz CT molecular complexity index is 259. The van der Waals surface area contributed by atoms with Crippen LogP contribution in [0.5, 0.6) is 0 Å². The number of alkyl halides is 2. The summed E-state index contributed by atoms with van der Waals surface area (Å²) in [5.41, 5.74) is 0. The van der Waals surface area contributed by atoms with E-state index >= 15 is 0 Å². The van der Waals surface area contributed by atoms with Crippen LogP contribution in [-0.2, 0) is 4.74 Å². The minimum absolute atomic E-state index is 0.254. The molecule has 0 aliphatic carbocycles. The molecule has 5 heteroatoms. The van der Waals surface area contributed by atoms with Crippen molar-refractivity contribution in [3.05, 3.63) is 22.4 Å². The summed E-state index contributed by atoms with van der Waals surface area (Å²) in [6.07, 6.45) is -2.52. The quantitative estimate of drug-likeness (QED) is 0.690. The van der Waals surface area contributed by atoms with Crippen LogP contribution >= 0.6 is 11.3 Å². The molecule has 0 radical (unpaired) electrons. The third-order valence-electron chi connectivity index (χ3n) is 1.27. The summed E-state index contributed by atoms with van der Waals surface area (Å²) in [7, 11) is 0. The van der Waals surface area contributed by atoms with Crippen LogP contribution < -0.4 is 0 Å². The molecule has 0 atom stereocenters. The molecule has 1 aromatic rings. The fraction of sp³-hybridized carbons (Fsp3) is 0.375. The molecule has 0 saturated carbocycles. The first-order chi connectivity index (χ1) is 6.20. The Kier molecular flexibility index (Phi) is 3.98. The lowest BCUT2D eigenvalue weighted by atomic mass is 10.3. The molecule has 0 unspecified atom stereocenters. The van der Waals surface area contributed by atoms with Gasteiger partial charge in [-0.2, -0.15) is 0 Å². The summed E-state index contributed by atoms with van der Waals surface area (Å²) in [6.45, 7) is -0.956. The first-order valence-electron chi connectivity index (χ1n) is 3.62. The number of carbonyl (C=O) groups excluding carboxylic acids is 1. The van der Waals surface area contributed by atoms with Crippen molar-refractivity contribution >= 4 is 17.1 Å². The Hall–Kier alpha value is -0.810. The van der Waals surface area contributed by atoms with Gasteiger partial charge < -0.3 is 4.74 Å². The van der Waals surface area contributed by atoms with Crippen molar-refractivity contribution in [2.75, 3.05) is 13.2 Å². The number of ether oxygens (including phenoxy) is 1. The molecule has 0 spiro atoms. The van der Waals surface area contributed by atoms with Gasteiger partial charge in [0.05, 0.1) is 4.88 Å². The minimum Gasteiger partial charge on any atom is -0.367 e. The highest BCUT2D eigenvalue weighted by Gasteiger charge is 2.08. The average Bonchev–Trinajstić information content (AvgIpc) is 2.55. The zero-order valence-corrected chi connectivity index (χ0v) is 7.52. The van der Waals surface area contributed by atoms with Gasteiger partial charge >= 0.3 is 0 Å². The van der Waals surface area contributed by atoms with E-state index in [1.165, 1.54) is 11.3 Å². The number of rotatable bonds is 5. The predicted molar refractivity (Wildman–Crippen MR) is 45.5 cm³/mol. The average molecular weight is 206 g/mol. The largest absolute Gasteiger partial charge is 0.367 e. The van der Waals surface area contributed by atoms with Crippen LogP contribution in [0.4, 0.5) is 8.78 Å². The molecular weight excluding hydrogens is 198 g/mol. The zero-order valence-electron chi connectivity index (χ0n) is 6.70. The van der Waals surface area contributed by atoms with Gasteiger partial charge in [-0.05, 0) is 11.4 Å². The number of hydrogen-bond donors (Lipinski definition) is 0. The van der Waals surface area contributed by atoms with Crippen molar-refractivity contribution in [1.29, 1.82) is 0 Å². The van der Waals surface area contributed by atoms with Gasteiger partial charge in [0.1, 0.15) is 13.2 Å². The molecular formula is C8H8F2O2S. The van der Waals surface area contributed by atoms with E-state index in [0.29, 0.717) is 4.88 Å². The zero-order chi connectivity index (χ0) is 9.68. The lowest BCUT2D eigenvalue weighted by Crippen LogP contribution is -2.12. The molecule has 0 amide bonds. The smallest absolute Gasteiger partial charge is 0.261 e. The molecule has 0 bridgehead atoms. The van der Waals surface area contributed by atoms with Gasteiger partial charge in [0.2, 0.25) is 0 Å².